The van der Waals surface area contributed by atoms with Crippen molar-refractivity contribution in [3.63, 3.8) is 0 Å². The van der Waals surface area contributed by atoms with Gasteiger partial charge in [-0.15, -0.1) is 0 Å². The Balaban J connectivity index is 2.09. The predicted octanol–water partition coefficient (Wildman–Crippen LogP) is 3.90. The first-order chi connectivity index (χ1) is 9.72. The van der Waals surface area contributed by atoms with Gasteiger partial charge in [0.05, 0.1) is 6.61 Å². The third-order valence-electron chi connectivity index (χ3n) is 3.49. The van der Waals surface area contributed by atoms with Gasteiger partial charge in [-0.1, -0.05) is 36.4 Å². The molecule has 0 heterocycles. The average Bonchev–Trinajstić information content (AvgIpc) is 2.49. The number of hydrogen-bond donors (Lipinski definition) is 1. The molecule has 0 aromatic heterocycles. The molecule has 0 aliphatic rings. The minimum Gasteiger partial charge on any atom is -0.494 e. The largest absolute Gasteiger partial charge is 0.494 e. The first kappa shape index (κ1) is 14.6. The van der Waals surface area contributed by atoms with Gasteiger partial charge in [0.1, 0.15) is 5.75 Å². The highest BCUT2D eigenvalue weighted by atomic mass is 16.5. The lowest BCUT2D eigenvalue weighted by Crippen LogP contribution is -2.23. The molecule has 2 rings (SSSR count). The predicted molar refractivity (Wildman–Crippen MR) is 85.3 cm³/mol. The van der Waals surface area contributed by atoms with Gasteiger partial charge < -0.3 is 10.1 Å². The van der Waals surface area contributed by atoms with Gasteiger partial charge in [0.25, 0.3) is 0 Å². The summed E-state index contributed by atoms with van der Waals surface area (Å²) < 4.78 is 5.46. The van der Waals surface area contributed by atoms with E-state index in [0.29, 0.717) is 12.6 Å². The van der Waals surface area contributed by atoms with Gasteiger partial charge in [-0.05, 0) is 56.1 Å². The van der Waals surface area contributed by atoms with Crippen molar-refractivity contribution in [1.82, 2.24) is 5.32 Å². The van der Waals surface area contributed by atoms with Crippen molar-refractivity contribution in [2.24, 2.45) is 0 Å². The molecule has 0 aliphatic heterocycles. The van der Waals surface area contributed by atoms with E-state index >= 15 is 0 Å². The number of rotatable bonds is 6. The molecule has 0 saturated heterocycles. The summed E-state index contributed by atoms with van der Waals surface area (Å²) in [5.74, 6) is 0.927. The zero-order chi connectivity index (χ0) is 14.4. The first-order valence-electron chi connectivity index (χ1n) is 7.22. The SMILES string of the molecule is CCOc1ccc(-c2ccc(CC(C)NC)cc2)cc1. The van der Waals surface area contributed by atoms with E-state index < -0.39 is 0 Å². The van der Waals surface area contributed by atoms with Crippen LogP contribution in [0.25, 0.3) is 11.1 Å². The summed E-state index contributed by atoms with van der Waals surface area (Å²) in [5.41, 5.74) is 3.83. The molecule has 1 atom stereocenters. The van der Waals surface area contributed by atoms with Crippen LogP contribution in [0.4, 0.5) is 0 Å². The van der Waals surface area contributed by atoms with Gasteiger partial charge >= 0.3 is 0 Å². The number of ether oxygens (including phenoxy) is 1. The maximum absolute atomic E-state index is 5.46. The molecule has 2 heteroatoms. The van der Waals surface area contributed by atoms with Crippen molar-refractivity contribution in [2.75, 3.05) is 13.7 Å². The van der Waals surface area contributed by atoms with E-state index in [0.717, 1.165) is 12.2 Å². The van der Waals surface area contributed by atoms with Crippen LogP contribution in [-0.4, -0.2) is 19.7 Å². The maximum Gasteiger partial charge on any atom is 0.119 e. The lowest BCUT2D eigenvalue weighted by Gasteiger charge is -2.10. The van der Waals surface area contributed by atoms with Crippen LogP contribution in [-0.2, 0) is 6.42 Å². The molecule has 106 valence electrons. The van der Waals surface area contributed by atoms with Crippen LogP contribution in [0.5, 0.6) is 5.75 Å². The van der Waals surface area contributed by atoms with E-state index in [-0.39, 0.29) is 0 Å². The Bertz CT molecular complexity index is 516. The summed E-state index contributed by atoms with van der Waals surface area (Å²) in [4.78, 5) is 0. The molecule has 0 spiro atoms. The number of benzene rings is 2. The normalized spacial score (nSPS) is 12.2. The second-order valence-electron chi connectivity index (χ2n) is 5.05. The minimum atomic E-state index is 0.506. The van der Waals surface area contributed by atoms with E-state index in [9.17, 15) is 0 Å². The zero-order valence-corrected chi connectivity index (χ0v) is 12.5. The Morgan fingerprint density at radius 1 is 0.950 bits per heavy atom. The van der Waals surface area contributed by atoms with Gasteiger partial charge in [-0.2, -0.15) is 0 Å². The molecule has 0 amide bonds. The average molecular weight is 269 g/mol. The zero-order valence-electron chi connectivity index (χ0n) is 12.5. The second-order valence-corrected chi connectivity index (χ2v) is 5.05. The molecular weight excluding hydrogens is 246 g/mol. The molecule has 0 aliphatic carbocycles. The molecule has 0 fully saturated rings. The molecule has 20 heavy (non-hydrogen) atoms. The summed E-state index contributed by atoms with van der Waals surface area (Å²) in [6.45, 7) is 4.90. The van der Waals surface area contributed by atoms with Crippen LogP contribution < -0.4 is 10.1 Å². The smallest absolute Gasteiger partial charge is 0.119 e. The lowest BCUT2D eigenvalue weighted by molar-refractivity contribution is 0.340. The Morgan fingerprint density at radius 2 is 1.50 bits per heavy atom. The second kappa shape index (κ2) is 7.11. The van der Waals surface area contributed by atoms with Gasteiger partial charge in [0.15, 0.2) is 0 Å². The van der Waals surface area contributed by atoms with Gasteiger partial charge in [0, 0.05) is 6.04 Å². The number of likely N-dealkylation sites (N-methyl/N-ethyl adjacent to an activating group) is 1. The molecule has 0 radical (unpaired) electrons. The summed E-state index contributed by atoms with van der Waals surface area (Å²) in [6, 6.07) is 17.6. The van der Waals surface area contributed by atoms with E-state index in [2.05, 4.69) is 48.6 Å². The third-order valence-corrected chi connectivity index (χ3v) is 3.49. The molecule has 2 aromatic rings. The van der Waals surface area contributed by atoms with E-state index in [1.807, 2.05) is 26.1 Å². The van der Waals surface area contributed by atoms with Crippen LogP contribution in [0, 0.1) is 0 Å². The number of hydrogen-bond acceptors (Lipinski definition) is 2. The van der Waals surface area contributed by atoms with Crippen LogP contribution in [0.1, 0.15) is 19.4 Å². The van der Waals surface area contributed by atoms with Crippen LogP contribution >= 0.6 is 0 Å². The van der Waals surface area contributed by atoms with E-state index in [1.54, 1.807) is 0 Å². The minimum absolute atomic E-state index is 0.506. The first-order valence-corrected chi connectivity index (χ1v) is 7.22. The third kappa shape index (κ3) is 3.84. The maximum atomic E-state index is 5.46. The molecule has 2 nitrogen and oxygen atoms in total. The van der Waals surface area contributed by atoms with Crippen LogP contribution in [0.3, 0.4) is 0 Å². The van der Waals surface area contributed by atoms with Crippen molar-refractivity contribution in [3.05, 3.63) is 54.1 Å². The van der Waals surface area contributed by atoms with E-state index in [1.165, 1.54) is 16.7 Å². The van der Waals surface area contributed by atoms with Gasteiger partial charge in [-0.3, -0.25) is 0 Å². The fourth-order valence-electron chi connectivity index (χ4n) is 2.20. The Hall–Kier alpha value is -1.80. The fourth-order valence-corrected chi connectivity index (χ4v) is 2.20. The molecule has 1 unspecified atom stereocenters. The highest BCUT2D eigenvalue weighted by molar-refractivity contribution is 5.64. The Kier molecular flexibility index (Phi) is 5.19. The monoisotopic (exact) mass is 269 g/mol. The quantitative estimate of drug-likeness (QED) is 0.858. The molecule has 1 N–H and O–H groups in total. The summed E-state index contributed by atoms with van der Waals surface area (Å²) in [7, 11) is 2.00. The van der Waals surface area contributed by atoms with Crippen molar-refractivity contribution < 1.29 is 4.74 Å². The summed E-state index contributed by atoms with van der Waals surface area (Å²) >= 11 is 0. The Morgan fingerprint density at radius 3 is 2.00 bits per heavy atom. The standard InChI is InChI=1S/C18H23NO/c1-4-20-18-11-9-17(10-12-18)16-7-5-15(6-8-16)13-14(2)19-3/h5-12,14,19H,4,13H2,1-3H3. The lowest BCUT2D eigenvalue weighted by atomic mass is 10.0. The van der Waals surface area contributed by atoms with Crippen LogP contribution in [0.2, 0.25) is 0 Å². The van der Waals surface area contributed by atoms with Crippen molar-refractivity contribution in [3.8, 4) is 16.9 Å². The van der Waals surface area contributed by atoms with Gasteiger partial charge in [0.2, 0.25) is 0 Å². The van der Waals surface area contributed by atoms with E-state index in [4.69, 9.17) is 4.74 Å². The molecule has 0 saturated carbocycles. The highest BCUT2D eigenvalue weighted by Crippen LogP contribution is 2.23. The molecule has 2 aromatic carbocycles. The van der Waals surface area contributed by atoms with Crippen molar-refractivity contribution >= 4 is 0 Å². The summed E-state index contributed by atoms with van der Waals surface area (Å²) in [6.07, 6.45) is 1.06. The topological polar surface area (TPSA) is 21.3 Å². The molecular formula is C18H23NO. The molecule has 0 bridgehead atoms. The Labute approximate surface area is 121 Å². The highest BCUT2D eigenvalue weighted by Gasteiger charge is 2.02. The van der Waals surface area contributed by atoms with Crippen molar-refractivity contribution in [2.45, 2.75) is 26.3 Å². The fraction of sp³-hybridized carbons (Fsp3) is 0.333. The van der Waals surface area contributed by atoms with Crippen molar-refractivity contribution in [1.29, 1.82) is 0 Å². The summed E-state index contributed by atoms with van der Waals surface area (Å²) in [5, 5.41) is 3.26. The van der Waals surface area contributed by atoms with Gasteiger partial charge in [-0.25, -0.2) is 0 Å². The number of nitrogens with one attached hydrogen (secondary N) is 1. The van der Waals surface area contributed by atoms with Crippen LogP contribution in [0.15, 0.2) is 48.5 Å².